The van der Waals surface area contributed by atoms with Crippen molar-refractivity contribution in [3.05, 3.63) is 47.5 Å². The van der Waals surface area contributed by atoms with Crippen molar-refractivity contribution in [2.45, 2.75) is 25.1 Å². The molecule has 3 atom stereocenters. The molecule has 2 aliphatic carbocycles. The number of carbonyl (C=O) groups excluding carboxylic acids is 1. The molecule has 1 aromatic rings. The number of carbonyl (C=O) groups is 1. The lowest BCUT2D eigenvalue weighted by atomic mass is 10.0. The number of rotatable bonds is 2. The van der Waals surface area contributed by atoms with Gasteiger partial charge in [-0.2, -0.15) is 13.2 Å². The van der Waals surface area contributed by atoms with Crippen LogP contribution in [0.3, 0.4) is 0 Å². The molecule has 1 amide bonds. The Kier molecular flexibility index (Phi) is 3.07. The number of hydrogen-bond donors (Lipinski definition) is 1. The summed E-state index contributed by atoms with van der Waals surface area (Å²) in [6.45, 7) is 0. The highest BCUT2D eigenvalue weighted by Gasteiger charge is 2.36. The molecular weight excluding hydrogens is 267 g/mol. The number of alkyl halides is 3. The van der Waals surface area contributed by atoms with Crippen molar-refractivity contribution in [1.29, 1.82) is 0 Å². The van der Waals surface area contributed by atoms with Crippen LogP contribution < -0.4 is 5.32 Å². The maximum absolute atomic E-state index is 12.4. The molecule has 1 fully saturated rings. The Hall–Kier alpha value is -1.78. The van der Waals surface area contributed by atoms with Crippen molar-refractivity contribution in [3.8, 4) is 0 Å². The molecule has 106 valence electrons. The van der Waals surface area contributed by atoms with Crippen LogP contribution >= 0.6 is 0 Å². The molecule has 1 N–H and O–H groups in total. The number of nitrogens with one attached hydrogen (secondary N) is 1. The number of halogens is 3. The molecule has 3 rings (SSSR count). The van der Waals surface area contributed by atoms with E-state index in [1.807, 2.05) is 0 Å². The average Bonchev–Trinajstić information content (AvgIpc) is 3.00. The van der Waals surface area contributed by atoms with Crippen molar-refractivity contribution in [2.24, 2.45) is 11.8 Å². The van der Waals surface area contributed by atoms with Crippen molar-refractivity contribution < 1.29 is 18.0 Å². The fourth-order valence-corrected chi connectivity index (χ4v) is 3.01. The van der Waals surface area contributed by atoms with Gasteiger partial charge < -0.3 is 5.32 Å². The first kappa shape index (κ1) is 13.2. The molecule has 0 aromatic heterocycles. The second-order valence-corrected chi connectivity index (χ2v) is 5.44. The normalized spacial score (nSPS) is 27.9. The van der Waals surface area contributed by atoms with Gasteiger partial charge in [0.15, 0.2) is 0 Å². The number of amides is 1. The molecule has 0 heterocycles. The van der Waals surface area contributed by atoms with Crippen LogP contribution in [0.2, 0.25) is 0 Å². The molecule has 1 aromatic carbocycles. The van der Waals surface area contributed by atoms with Crippen LogP contribution in [0.5, 0.6) is 0 Å². The molecule has 0 saturated heterocycles. The van der Waals surface area contributed by atoms with Gasteiger partial charge in [-0.25, -0.2) is 0 Å². The molecule has 0 radical (unpaired) electrons. The van der Waals surface area contributed by atoms with Gasteiger partial charge in [-0.3, -0.25) is 4.79 Å². The summed E-state index contributed by atoms with van der Waals surface area (Å²) in [5.74, 6) is 0.612. The van der Waals surface area contributed by atoms with Crippen LogP contribution in [-0.4, -0.2) is 11.9 Å². The molecule has 5 heteroatoms. The summed E-state index contributed by atoms with van der Waals surface area (Å²) >= 11 is 0. The van der Waals surface area contributed by atoms with E-state index in [1.165, 1.54) is 12.1 Å². The predicted molar refractivity (Wildman–Crippen MR) is 68.1 cm³/mol. The Labute approximate surface area is 114 Å². The molecule has 0 spiro atoms. The average molecular weight is 281 g/mol. The summed E-state index contributed by atoms with van der Waals surface area (Å²) in [5, 5.41) is 2.91. The van der Waals surface area contributed by atoms with Crippen LogP contribution in [0.1, 0.15) is 28.8 Å². The Balaban J connectivity index is 1.67. The van der Waals surface area contributed by atoms with Crippen LogP contribution in [0.15, 0.2) is 36.4 Å². The van der Waals surface area contributed by atoms with E-state index >= 15 is 0 Å². The zero-order valence-corrected chi connectivity index (χ0v) is 10.7. The maximum Gasteiger partial charge on any atom is 0.416 e. The van der Waals surface area contributed by atoms with Gasteiger partial charge in [0.1, 0.15) is 0 Å². The fourth-order valence-electron chi connectivity index (χ4n) is 3.01. The predicted octanol–water partition coefficient (Wildman–Crippen LogP) is 3.40. The first-order valence-corrected chi connectivity index (χ1v) is 6.60. The molecule has 2 aliphatic rings. The highest BCUT2D eigenvalue weighted by molar-refractivity contribution is 5.94. The van der Waals surface area contributed by atoms with Gasteiger partial charge in [0.25, 0.3) is 5.91 Å². The molecule has 0 aliphatic heterocycles. The van der Waals surface area contributed by atoms with Crippen LogP contribution in [0.4, 0.5) is 13.2 Å². The Bertz CT molecular complexity index is 547. The third kappa shape index (κ3) is 2.44. The van der Waals surface area contributed by atoms with E-state index in [0.717, 1.165) is 25.0 Å². The lowest BCUT2D eigenvalue weighted by molar-refractivity contribution is -0.137. The van der Waals surface area contributed by atoms with Gasteiger partial charge in [0.2, 0.25) is 0 Å². The highest BCUT2D eigenvalue weighted by atomic mass is 19.4. The molecule has 2 bridgehead atoms. The molecular formula is C15H14F3NO. The third-order valence-electron chi connectivity index (χ3n) is 4.07. The topological polar surface area (TPSA) is 29.1 Å². The molecule has 1 saturated carbocycles. The third-order valence-corrected chi connectivity index (χ3v) is 4.07. The SMILES string of the molecule is O=C(NC1CC2C=CC1C2)c1ccc(C(F)(F)F)cc1. The monoisotopic (exact) mass is 281 g/mol. The van der Waals surface area contributed by atoms with Crippen molar-refractivity contribution in [3.63, 3.8) is 0 Å². The summed E-state index contributed by atoms with van der Waals surface area (Å²) in [5.41, 5.74) is -0.471. The second kappa shape index (κ2) is 4.65. The number of benzene rings is 1. The molecule has 2 nitrogen and oxygen atoms in total. The number of allylic oxidation sites excluding steroid dienone is 1. The molecule has 3 unspecified atom stereocenters. The number of fused-ring (bicyclic) bond motifs is 2. The summed E-state index contributed by atoms with van der Waals surface area (Å²) in [6, 6.07) is 4.44. The van der Waals surface area contributed by atoms with Crippen molar-refractivity contribution in [1.82, 2.24) is 5.32 Å². The van der Waals surface area contributed by atoms with Crippen molar-refractivity contribution >= 4 is 5.91 Å². The molecule has 20 heavy (non-hydrogen) atoms. The van der Waals surface area contributed by atoms with Crippen molar-refractivity contribution in [2.75, 3.05) is 0 Å². The second-order valence-electron chi connectivity index (χ2n) is 5.44. The van der Waals surface area contributed by atoms with Crippen LogP contribution in [-0.2, 0) is 6.18 Å². The zero-order chi connectivity index (χ0) is 14.3. The lowest BCUT2D eigenvalue weighted by Crippen LogP contribution is -2.37. The van der Waals surface area contributed by atoms with Gasteiger partial charge in [-0.15, -0.1) is 0 Å². The first-order valence-electron chi connectivity index (χ1n) is 6.60. The minimum absolute atomic E-state index is 0.111. The Morgan fingerprint density at radius 2 is 1.80 bits per heavy atom. The fraction of sp³-hybridized carbons (Fsp3) is 0.400. The Morgan fingerprint density at radius 1 is 1.10 bits per heavy atom. The van der Waals surface area contributed by atoms with E-state index in [9.17, 15) is 18.0 Å². The highest BCUT2D eigenvalue weighted by Crippen LogP contribution is 2.39. The minimum Gasteiger partial charge on any atom is -0.349 e. The summed E-state index contributed by atoms with van der Waals surface area (Å²) in [6.07, 6.45) is 1.91. The summed E-state index contributed by atoms with van der Waals surface area (Å²) in [7, 11) is 0. The van der Waals surface area contributed by atoms with E-state index in [1.54, 1.807) is 0 Å². The van der Waals surface area contributed by atoms with Crippen LogP contribution in [0, 0.1) is 11.8 Å². The number of hydrogen-bond acceptors (Lipinski definition) is 1. The summed E-state index contributed by atoms with van der Waals surface area (Å²) < 4.78 is 37.3. The van der Waals surface area contributed by atoms with Gasteiger partial charge in [-0.1, -0.05) is 12.2 Å². The smallest absolute Gasteiger partial charge is 0.349 e. The van der Waals surface area contributed by atoms with Crippen LogP contribution in [0.25, 0.3) is 0 Å². The van der Waals surface area contributed by atoms with E-state index < -0.39 is 11.7 Å². The van der Waals surface area contributed by atoms with Gasteiger partial charge in [-0.05, 0) is 48.9 Å². The lowest BCUT2D eigenvalue weighted by Gasteiger charge is -2.19. The summed E-state index contributed by atoms with van der Waals surface area (Å²) in [4.78, 5) is 12.0. The van der Waals surface area contributed by atoms with Gasteiger partial charge in [0, 0.05) is 11.6 Å². The van der Waals surface area contributed by atoms with E-state index in [0.29, 0.717) is 11.8 Å². The first-order chi connectivity index (χ1) is 9.43. The van der Waals surface area contributed by atoms with Gasteiger partial charge >= 0.3 is 6.18 Å². The quantitative estimate of drug-likeness (QED) is 0.827. The zero-order valence-electron chi connectivity index (χ0n) is 10.7. The minimum atomic E-state index is -4.37. The maximum atomic E-state index is 12.4. The standard InChI is InChI=1S/C15H14F3NO/c16-15(17,18)12-5-3-10(4-6-12)14(20)19-13-8-9-1-2-11(13)7-9/h1-6,9,11,13H,7-8H2,(H,19,20). The Morgan fingerprint density at radius 3 is 2.30 bits per heavy atom. The van der Waals surface area contributed by atoms with E-state index in [-0.39, 0.29) is 17.5 Å². The van der Waals surface area contributed by atoms with E-state index in [2.05, 4.69) is 17.5 Å². The van der Waals surface area contributed by atoms with E-state index in [4.69, 9.17) is 0 Å². The largest absolute Gasteiger partial charge is 0.416 e. The van der Waals surface area contributed by atoms with Gasteiger partial charge in [0.05, 0.1) is 5.56 Å².